The molecule has 8 nitrogen and oxygen atoms in total. The van der Waals surface area contributed by atoms with E-state index < -0.39 is 28.4 Å². The molecule has 0 aliphatic carbocycles. The van der Waals surface area contributed by atoms with Gasteiger partial charge in [0.25, 0.3) is 5.91 Å². The van der Waals surface area contributed by atoms with E-state index in [1.165, 1.54) is 24.4 Å². The molecule has 0 unspecified atom stereocenters. The largest absolute Gasteiger partial charge is 0.478 e. The van der Waals surface area contributed by atoms with Crippen molar-refractivity contribution in [2.24, 2.45) is 5.10 Å². The summed E-state index contributed by atoms with van der Waals surface area (Å²) in [5.74, 6) is -1.79. The number of amides is 1. The number of hydrazone groups is 1. The van der Waals surface area contributed by atoms with Gasteiger partial charge in [-0.25, -0.2) is 18.6 Å². The Morgan fingerprint density at radius 2 is 1.50 bits per heavy atom. The maximum absolute atomic E-state index is 13.1. The molecule has 3 aromatic rings. The number of hydrogen-bond donors (Lipinski definition) is 2. The lowest BCUT2D eigenvalue weighted by Crippen LogP contribution is -2.39. The fourth-order valence-electron chi connectivity index (χ4n) is 2.93. The van der Waals surface area contributed by atoms with Crippen LogP contribution in [0.2, 0.25) is 0 Å². The average molecular weight is 452 g/mol. The normalized spacial score (nSPS) is 11.5. The van der Waals surface area contributed by atoms with Gasteiger partial charge >= 0.3 is 5.97 Å². The first kappa shape index (κ1) is 22.9. The number of rotatable bonds is 9. The van der Waals surface area contributed by atoms with Crippen molar-refractivity contribution < 1.29 is 23.1 Å². The Morgan fingerprint density at radius 3 is 2.16 bits per heavy atom. The Kier molecular flexibility index (Phi) is 7.48. The Hall–Kier alpha value is -3.82. The second-order valence-electron chi connectivity index (χ2n) is 6.76. The van der Waals surface area contributed by atoms with Crippen LogP contribution in [0.1, 0.15) is 21.5 Å². The monoisotopic (exact) mass is 451 g/mol. The van der Waals surface area contributed by atoms with E-state index in [1.807, 2.05) is 6.07 Å². The second-order valence-corrected chi connectivity index (χ2v) is 8.70. The molecule has 3 rings (SSSR count). The van der Waals surface area contributed by atoms with Gasteiger partial charge in [-0.05, 0) is 23.8 Å². The first-order valence-corrected chi connectivity index (χ1v) is 11.1. The lowest BCUT2D eigenvalue weighted by Gasteiger charge is -2.21. The van der Waals surface area contributed by atoms with E-state index in [4.69, 9.17) is 0 Å². The topological polar surface area (TPSA) is 116 Å². The standard InChI is InChI=1S/C23H21N3O5S/c27-22(25-24-15-19-11-7-8-14-21(19)23(28)29)17-26(16-18-9-3-1-4-10-18)32(30,31)20-12-5-2-6-13-20/h1-15H,16-17H2,(H,25,27)(H,28,29). The summed E-state index contributed by atoms with van der Waals surface area (Å²) in [6.45, 7) is -0.471. The fourth-order valence-corrected chi connectivity index (χ4v) is 4.33. The predicted molar refractivity (Wildman–Crippen MR) is 120 cm³/mol. The molecule has 9 heteroatoms. The van der Waals surface area contributed by atoms with Crippen LogP contribution in [0.25, 0.3) is 0 Å². The molecular weight excluding hydrogens is 430 g/mol. The van der Waals surface area contributed by atoms with Crippen LogP contribution in [0.4, 0.5) is 0 Å². The summed E-state index contributed by atoms with van der Waals surface area (Å²) in [6, 6.07) is 23.0. The quantitative estimate of drug-likeness (QED) is 0.383. The van der Waals surface area contributed by atoms with E-state index in [0.717, 1.165) is 9.87 Å². The van der Waals surface area contributed by atoms with Crippen molar-refractivity contribution in [1.29, 1.82) is 0 Å². The molecule has 3 aromatic carbocycles. The molecule has 0 heterocycles. The molecule has 1 amide bonds. The number of carbonyl (C=O) groups is 2. The molecule has 0 radical (unpaired) electrons. The van der Waals surface area contributed by atoms with Gasteiger partial charge in [-0.2, -0.15) is 9.41 Å². The van der Waals surface area contributed by atoms with E-state index in [1.54, 1.807) is 60.7 Å². The number of nitrogens with zero attached hydrogens (tertiary/aromatic N) is 2. The third-order valence-corrected chi connectivity index (χ3v) is 6.29. The zero-order valence-electron chi connectivity index (χ0n) is 17.0. The average Bonchev–Trinajstić information content (AvgIpc) is 2.80. The van der Waals surface area contributed by atoms with Crippen LogP contribution in [0.3, 0.4) is 0 Å². The molecule has 32 heavy (non-hydrogen) atoms. The Bertz CT molecular complexity index is 1210. The van der Waals surface area contributed by atoms with Gasteiger partial charge in [0.15, 0.2) is 0 Å². The molecule has 0 saturated heterocycles. The van der Waals surface area contributed by atoms with Crippen molar-refractivity contribution in [3.63, 3.8) is 0 Å². The predicted octanol–water partition coefficient (Wildman–Crippen LogP) is 2.73. The maximum atomic E-state index is 13.1. The van der Waals surface area contributed by atoms with Gasteiger partial charge in [0.1, 0.15) is 0 Å². The van der Waals surface area contributed by atoms with E-state index in [9.17, 15) is 23.1 Å². The summed E-state index contributed by atoms with van der Waals surface area (Å²) in [5.41, 5.74) is 3.32. The first-order chi connectivity index (χ1) is 15.4. The second kappa shape index (κ2) is 10.5. The lowest BCUT2D eigenvalue weighted by molar-refractivity contribution is -0.121. The van der Waals surface area contributed by atoms with Crippen LogP contribution in [0.5, 0.6) is 0 Å². The van der Waals surface area contributed by atoms with Crippen molar-refractivity contribution in [3.05, 3.63) is 102 Å². The first-order valence-electron chi connectivity index (χ1n) is 9.61. The molecule has 0 saturated carbocycles. The number of aromatic carboxylic acids is 1. The number of hydrogen-bond acceptors (Lipinski definition) is 5. The van der Waals surface area contributed by atoms with Crippen LogP contribution in [-0.2, 0) is 21.4 Å². The molecule has 0 atom stereocenters. The fraction of sp³-hybridized carbons (Fsp3) is 0.0870. The van der Waals surface area contributed by atoms with Crippen molar-refractivity contribution in [3.8, 4) is 0 Å². The highest BCUT2D eigenvalue weighted by Gasteiger charge is 2.26. The van der Waals surface area contributed by atoms with Crippen LogP contribution in [0.15, 0.2) is 94.9 Å². The van der Waals surface area contributed by atoms with Crippen molar-refractivity contribution >= 4 is 28.1 Å². The number of sulfonamides is 1. The number of benzene rings is 3. The Balaban J connectivity index is 1.77. The minimum absolute atomic E-state index is 0.00293. The summed E-state index contributed by atoms with van der Waals surface area (Å²) in [7, 11) is -3.95. The Morgan fingerprint density at radius 1 is 0.906 bits per heavy atom. The van der Waals surface area contributed by atoms with Crippen LogP contribution >= 0.6 is 0 Å². The molecular formula is C23H21N3O5S. The van der Waals surface area contributed by atoms with E-state index in [0.29, 0.717) is 5.56 Å². The minimum atomic E-state index is -3.95. The van der Waals surface area contributed by atoms with Gasteiger partial charge in [-0.15, -0.1) is 0 Å². The molecule has 164 valence electrons. The lowest BCUT2D eigenvalue weighted by atomic mass is 10.1. The zero-order chi connectivity index (χ0) is 23.0. The molecule has 2 N–H and O–H groups in total. The van der Waals surface area contributed by atoms with E-state index >= 15 is 0 Å². The van der Waals surface area contributed by atoms with Crippen LogP contribution < -0.4 is 5.43 Å². The van der Waals surface area contributed by atoms with Gasteiger partial charge in [-0.3, -0.25) is 4.79 Å². The highest BCUT2D eigenvalue weighted by Crippen LogP contribution is 2.18. The molecule has 0 aliphatic heterocycles. The van der Waals surface area contributed by atoms with Gasteiger partial charge in [0, 0.05) is 12.1 Å². The van der Waals surface area contributed by atoms with Crippen LogP contribution in [-0.4, -0.2) is 42.5 Å². The number of nitrogens with one attached hydrogen (secondary N) is 1. The number of carboxylic acids is 1. The van der Waals surface area contributed by atoms with Crippen molar-refractivity contribution in [1.82, 2.24) is 9.73 Å². The van der Waals surface area contributed by atoms with Crippen LogP contribution in [0, 0.1) is 0 Å². The molecule has 0 bridgehead atoms. The van der Waals surface area contributed by atoms with Gasteiger partial charge < -0.3 is 5.11 Å². The van der Waals surface area contributed by atoms with E-state index in [-0.39, 0.29) is 17.0 Å². The Labute approximate surface area is 185 Å². The maximum Gasteiger partial charge on any atom is 0.336 e. The summed E-state index contributed by atoms with van der Waals surface area (Å²) >= 11 is 0. The third-order valence-electron chi connectivity index (χ3n) is 4.49. The zero-order valence-corrected chi connectivity index (χ0v) is 17.8. The van der Waals surface area contributed by atoms with Gasteiger partial charge in [0.2, 0.25) is 10.0 Å². The SMILES string of the molecule is O=C(CN(Cc1ccccc1)S(=O)(=O)c1ccccc1)NN=Cc1ccccc1C(=O)O. The van der Waals surface area contributed by atoms with Gasteiger partial charge in [-0.1, -0.05) is 66.7 Å². The smallest absolute Gasteiger partial charge is 0.336 e. The molecule has 0 aliphatic rings. The molecule has 0 aromatic heterocycles. The highest BCUT2D eigenvalue weighted by molar-refractivity contribution is 7.89. The summed E-state index contributed by atoms with van der Waals surface area (Å²) < 4.78 is 27.3. The minimum Gasteiger partial charge on any atom is -0.478 e. The summed E-state index contributed by atoms with van der Waals surface area (Å²) in [5, 5.41) is 13.0. The summed E-state index contributed by atoms with van der Waals surface area (Å²) in [6.07, 6.45) is 1.20. The van der Waals surface area contributed by atoms with E-state index in [2.05, 4.69) is 10.5 Å². The number of carbonyl (C=O) groups excluding carboxylic acids is 1. The summed E-state index contributed by atoms with van der Waals surface area (Å²) in [4.78, 5) is 23.8. The third kappa shape index (κ3) is 5.87. The van der Waals surface area contributed by atoms with Crippen molar-refractivity contribution in [2.45, 2.75) is 11.4 Å². The van der Waals surface area contributed by atoms with Crippen molar-refractivity contribution in [2.75, 3.05) is 6.54 Å². The molecule has 0 spiro atoms. The van der Waals surface area contributed by atoms with Gasteiger partial charge in [0.05, 0.1) is 23.2 Å². The number of carboxylic acid groups (broad SMARTS) is 1. The molecule has 0 fully saturated rings. The highest BCUT2D eigenvalue weighted by atomic mass is 32.2.